The molecule has 2 fully saturated rings. The predicted molar refractivity (Wildman–Crippen MR) is 76.9 cm³/mol. The van der Waals surface area contributed by atoms with Crippen molar-refractivity contribution >= 4 is 24.8 Å². The van der Waals surface area contributed by atoms with Gasteiger partial charge >= 0.3 is 0 Å². The number of pyridine rings is 1. The number of piperidine rings is 1. The molecule has 1 saturated carbocycles. The zero-order chi connectivity index (χ0) is 11.0. The Morgan fingerprint density at radius 2 is 2.22 bits per heavy atom. The number of aromatic nitrogens is 1. The molecule has 3 nitrogen and oxygen atoms in total. The minimum atomic E-state index is 0. The fraction of sp³-hybridized carbons (Fsp3) is 0.615. The van der Waals surface area contributed by atoms with Crippen LogP contribution in [0.4, 0.5) is 0 Å². The number of likely N-dealkylation sites (N-methyl/N-ethyl adjacent to an activating group) is 1. The fourth-order valence-corrected chi connectivity index (χ4v) is 3.18. The van der Waals surface area contributed by atoms with Crippen LogP contribution in [0.15, 0.2) is 24.5 Å². The van der Waals surface area contributed by atoms with Crippen LogP contribution in [-0.2, 0) is 0 Å². The lowest BCUT2D eigenvalue weighted by Crippen LogP contribution is -2.41. The number of hydrogen-bond acceptors (Lipinski definition) is 3. The summed E-state index contributed by atoms with van der Waals surface area (Å²) in [5, 5.41) is 0. The van der Waals surface area contributed by atoms with Gasteiger partial charge in [-0.15, -0.1) is 24.8 Å². The van der Waals surface area contributed by atoms with Gasteiger partial charge in [0, 0.05) is 18.3 Å². The molecule has 2 bridgehead atoms. The van der Waals surface area contributed by atoms with E-state index < -0.39 is 0 Å². The molecule has 1 aliphatic carbocycles. The molecule has 3 rings (SSSR count). The summed E-state index contributed by atoms with van der Waals surface area (Å²) in [4.78, 5) is 6.56. The Balaban J connectivity index is 0.000000810. The van der Waals surface area contributed by atoms with Gasteiger partial charge in [0.15, 0.2) is 0 Å². The van der Waals surface area contributed by atoms with E-state index >= 15 is 0 Å². The van der Waals surface area contributed by atoms with Crippen LogP contribution < -0.4 is 4.74 Å². The molecule has 1 aromatic rings. The number of hydrogen-bond donors (Lipinski definition) is 0. The fourth-order valence-electron chi connectivity index (χ4n) is 3.18. The third-order valence-electron chi connectivity index (χ3n) is 4.14. The molecule has 0 amide bonds. The molecule has 5 heteroatoms. The van der Waals surface area contributed by atoms with Gasteiger partial charge in [-0.25, -0.2) is 0 Å². The minimum Gasteiger partial charge on any atom is -0.490 e. The van der Waals surface area contributed by atoms with Crippen LogP contribution in [0.5, 0.6) is 5.75 Å². The van der Waals surface area contributed by atoms with Crippen molar-refractivity contribution in [1.29, 1.82) is 0 Å². The maximum Gasteiger partial charge on any atom is 0.137 e. The molecule has 102 valence electrons. The van der Waals surface area contributed by atoms with Gasteiger partial charge in [-0.2, -0.15) is 0 Å². The summed E-state index contributed by atoms with van der Waals surface area (Å²) in [5.41, 5.74) is 0. The monoisotopic (exact) mass is 290 g/mol. The van der Waals surface area contributed by atoms with E-state index in [2.05, 4.69) is 16.9 Å². The highest BCUT2D eigenvalue weighted by Crippen LogP contribution is 2.41. The number of fused-ring (bicyclic) bond motifs is 2. The lowest BCUT2D eigenvalue weighted by Gasteiger charge is -2.31. The Labute approximate surface area is 121 Å². The minimum absolute atomic E-state index is 0. The highest BCUT2D eigenvalue weighted by atomic mass is 35.5. The first-order valence-electron chi connectivity index (χ1n) is 6.09. The van der Waals surface area contributed by atoms with Gasteiger partial charge in [0.25, 0.3) is 0 Å². The first-order valence-corrected chi connectivity index (χ1v) is 6.09. The lowest BCUT2D eigenvalue weighted by molar-refractivity contribution is 0.118. The average molecular weight is 291 g/mol. The van der Waals surface area contributed by atoms with Crippen LogP contribution in [0.2, 0.25) is 0 Å². The van der Waals surface area contributed by atoms with Gasteiger partial charge in [-0.05, 0) is 44.4 Å². The van der Waals surface area contributed by atoms with Crippen LogP contribution in [-0.4, -0.2) is 35.6 Å². The maximum absolute atomic E-state index is 5.81. The number of ether oxygens (including phenoxy) is 1. The molecular formula is C13H20Cl2N2O. The van der Waals surface area contributed by atoms with Crippen molar-refractivity contribution in [3.8, 4) is 5.75 Å². The van der Waals surface area contributed by atoms with E-state index in [1.165, 1.54) is 19.3 Å². The number of likely N-dealkylation sites (tertiary alicyclic amines) is 1. The third kappa shape index (κ3) is 2.90. The van der Waals surface area contributed by atoms with Crippen LogP contribution in [0.3, 0.4) is 0 Å². The van der Waals surface area contributed by atoms with Gasteiger partial charge in [-0.3, -0.25) is 9.88 Å². The predicted octanol–water partition coefficient (Wildman–Crippen LogP) is 2.79. The van der Waals surface area contributed by atoms with Crippen molar-refractivity contribution in [1.82, 2.24) is 9.88 Å². The molecule has 0 radical (unpaired) electrons. The molecule has 3 atom stereocenters. The second-order valence-electron chi connectivity index (χ2n) is 4.96. The standard InChI is InChI=1S/C13H18N2O.2ClH/c1-15-11-5-4-10(7-11)13(15)9-16-12-3-2-6-14-8-12;;/h2-3,6,8,10-11,13H,4-5,7,9H2,1H3;2*1H/t10-,11+,13?;;/m1../s1. The summed E-state index contributed by atoms with van der Waals surface area (Å²) in [6.07, 6.45) is 7.70. The van der Waals surface area contributed by atoms with Gasteiger partial charge < -0.3 is 4.74 Å². The van der Waals surface area contributed by atoms with Crippen molar-refractivity contribution in [3.05, 3.63) is 24.5 Å². The van der Waals surface area contributed by atoms with Crippen molar-refractivity contribution in [2.45, 2.75) is 31.3 Å². The SMILES string of the molecule is CN1C(COc2cccnc2)[C@@H]2CC[C@H]1C2.Cl.Cl. The number of nitrogens with zero attached hydrogens (tertiary/aromatic N) is 2. The topological polar surface area (TPSA) is 25.4 Å². The Bertz CT molecular complexity index is 361. The normalized spacial score (nSPS) is 29.5. The van der Waals surface area contributed by atoms with Gasteiger partial charge in [0.05, 0.1) is 6.20 Å². The quantitative estimate of drug-likeness (QED) is 0.856. The summed E-state index contributed by atoms with van der Waals surface area (Å²) >= 11 is 0. The summed E-state index contributed by atoms with van der Waals surface area (Å²) in [5.74, 6) is 1.74. The van der Waals surface area contributed by atoms with Gasteiger partial charge in [0.1, 0.15) is 12.4 Å². The molecule has 2 heterocycles. The van der Waals surface area contributed by atoms with Crippen molar-refractivity contribution in [3.63, 3.8) is 0 Å². The molecule has 2 aliphatic rings. The molecule has 0 aromatic carbocycles. The van der Waals surface area contributed by atoms with E-state index in [0.29, 0.717) is 6.04 Å². The molecule has 0 spiro atoms. The zero-order valence-corrected chi connectivity index (χ0v) is 12.1. The van der Waals surface area contributed by atoms with Crippen molar-refractivity contribution < 1.29 is 4.74 Å². The van der Waals surface area contributed by atoms with Crippen LogP contribution >= 0.6 is 24.8 Å². The first-order chi connectivity index (χ1) is 7.84. The maximum atomic E-state index is 5.81. The highest BCUT2D eigenvalue weighted by molar-refractivity contribution is 5.85. The Kier molecular flexibility index (Phi) is 5.70. The van der Waals surface area contributed by atoms with Crippen LogP contribution in [0, 0.1) is 5.92 Å². The Morgan fingerprint density at radius 1 is 1.39 bits per heavy atom. The van der Waals surface area contributed by atoms with E-state index in [1.54, 1.807) is 12.4 Å². The average Bonchev–Trinajstić information content (AvgIpc) is 2.89. The van der Waals surface area contributed by atoms with E-state index in [1.807, 2.05) is 12.1 Å². The van der Waals surface area contributed by atoms with E-state index in [9.17, 15) is 0 Å². The number of rotatable bonds is 3. The van der Waals surface area contributed by atoms with E-state index in [4.69, 9.17) is 4.74 Å². The molecule has 1 aliphatic heterocycles. The summed E-state index contributed by atoms with van der Waals surface area (Å²) in [6, 6.07) is 5.31. The van der Waals surface area contributed by atoms with E-state index in [0.717, 1.165) is 24.3 Å². The first kappa shape index (κ1) is 15.5. The summed E-state index contributed by atoms with van der Waals surface area (Å²) in [7, 11) is 2.24. The van der Waals surface area contributed by atoms with Crippen molar-refractivity contribution in [2.75, 3.05) is 13.7 Å². The molecule has 1 unspecified atom stereocenters. The summed E-state index contributed by atoms with van der Waals surface area (Å²) in [6.45, 7) is 0.809. The molecule has 0 N–H and O–H groups in total. The van der Waals surface area contributed by atoms with Gasteiger partial charge in [-0.1, -0.05) is 0 Å². The molecular weight excluding hydrogens is 271 g/mol. The molecule has 1 saturated heterocycles. The summed E-state index contributed by atoms with van der Waals surface area (Å²) < 4.78 is 5.81. The second kappa shape index (κ2) is 6.60. The Morgan fingerprint density at radius 3 is 2.83 bits per heavy atom. The number of halogens is 2. The smallest absolute Gasteiger partial charge is 0.137 e. The van der Waals surface area contributed by atoms with Crippen LogP contribution in [0.1, 0.15) is 19.3 Å². The van der Waals surface area contributed by atoms with E-state index in [-0.39, 0.29) is 24.8 Å². The zero-order valence-electron chi connectivity index (χ0n) is 10.5. The van der Waals surface area contributed by atoms with Crippen molar-refractivity contribution in [2.24, 2.45) is 5.92 Å². The Hall–Kier alpha value is -0.510. The lowest BCUT2D eigenvalue weighted by atomic mass is 10.00. The van der Waals surface area contributed by atoms with Gasteiger partial charge in [0.2, 0.25) is 0 Å². The van der Waals surface area contributed by atoms with Crippen LogP contribution in [0.25, 0.3) is 0 Å². The largest absolute Gasteiger partial charge is 0.490 e. The molecule has 18 heavy (non-hydrogen) atoms. The second-order valence-corrected chi connectivity index (χ2v) is 4.96. The molecule has 1 aromatic heterocycles. The highest BCUT2D eigenvalue weighted by Gasteiger charge is 2.43. The third-order valence-corrected chi connectivity index (χ3v) is 4.14.